The number of rotatable bonds is 6. The van der Waals surface area contributed by atoms with Gasteiger partial charge in [0.05, 0.1) is 18.4 Å². The molecule has 0 atom stereocenters. The van der Waals surface area contributed by atoms with Crippen LogP contribution in [0.4, 0.5) is 17.3 Å². The van der Waals surface area contributed by atoms with Gasteiger partial charge in [-0.3, -0.25) is 9.59 Å². The Morgan fingerprint density at radius 1 is 0.926 bits per heavy atom. The number of amides is 1. The lowest BCUT2D eigenvalue weighted by Gasteiger charge is -2.10. The SMILES string of the molecule is COc1ccccc1Nc1ncc(C(=O)Nc2ccc(C(C)=O)cc2)cn1. The molecule has 136 valence electrons. The summed E-state index contributed by atoms with van der Waals surface area (Å²) in [5, 5.41) is 5.79. The monoisotopic (exact) mass is 362 g/mol. The fourth-order valence-corrected chi connectivity index (χ4v) is 2.37. The van der Waals surface area contributed by atoms with Gasteiger partial charge in [0.1, 0.15) is 5.75 Å². The van der Waals surface area contributed by atoms with Crippen LogP contribution in [-0.4, -0.2) is 28.8 Å². The van der Waals surface area contributed by atoms with Crippen LogP contribution in [0.5, 0.6) is 5.75 Å². The Morgan fingerprint density at radius 2 is 1.59 bits per heavy atom. The molecule has 1 amide bonds. The molecule has 0 spiro atoms. The first-order chi connectivity index (χ1) is 13.1. The van der Waals surface area contributed by atoms with Gasteiger partial charge in [-0.2, -0.15) is 0 Å². The van der Waals surface area contributed by atoms with Crippen LogP contribution in [0, 0.1) is 0 Å². The predicted molar refractivity (Wildman–Crippen MR) is 103 cm³/mol. The maximum atomic E-state index is 12.3. The predicted octanol–water partition coefficient (Wildman–Crippen LogP) is 3.68. The molecule has 0 unspecified atom stereocenters. The Morgan fingerprint density at radius 3 is 2.22 bits per heavy atom. The number of carbonyl (C=O) groups excluding carboxylic acids is 2. The van der Waals surface area contributed by atoms with Gasteiger partial charge in [-0.05, 0) is 43.3 Å². The smallest absolute Gasteiger partial charge is 0.258 e. The first kappa shape index (κ1) is 18.1. The summed E-state index contributed by atoms with van der Waals surface area (Å²) in [4.78, 5) is 31.9. The molecule has 1 aromatic heterocycles. The van der Waals surface area contributed by atoms with Crippen LogP contribution in [0.3, 0.4) is 0 Å². The van der Waals surface area contributed by atoms with Crippen LogP contribution in [0.25, 0.3) is 0 Å². The molecule has 0 aliphatic rings. The molecule has 2 aromatic carbocycles. The van der Waals surface area contributed by atoms with E-state index in [0.29, 0.717) is 28.5 Å². The molecule has 2 N–H and O–H groups in total. The topological polar surface area (TPSA) is 93.2 Å². The highest BCUT2D eigenvalue weighted by Gasteiger charge is 2.09. The summed E-state index contributed by atoms with van der Waals surface area (Å²) in [5.74, 6) is 0.646. The quantitative estimate of drug-likeness (QED) is 0.650. The van der Waals surface area contributed by atoms with Crippen LogP contribution in [0.15, 0.2) is 60.9 Å². The average Bonchev–Trinajstić information content (AvgIpc) is 2.69. The highest BCUT2D eigenvalue weighted by Crippen LogP contribution is 2.25. The molecule has 0 aliphatic heterocycles. The minimum absolute atomic E-state index is 0.0283. The molecular weight excluding hydrogens is 344 g/mol. The highest BCUT2D eigenvalue weighted by molar-refractivity contribution is 6.04. The summed E-state index contributed by atoms with van der Waals surface area (Å²) in [5.41, 5.74) is 2.21. The van der Waals surface area contributed by atoms with Gasteiger partial charge in [-0.15, -0.1) is 0 Å². The van der Waals surface area contributed by atoms with E-state index in [4.69, 9.17) is 4.74 Å². The van der Waals surface area contributed by atoms with Crippen molar-refractivity contribution in [3.8, 4) is 5.75 Å². The molecule has 0 radical (unpaired) electrons. The summed E-state index contributed by atoms with van der Waals surface area (Å²) in [6, 6.07) is 14.1. The number of anilines is 3. The zero-order chi connectivity index (χ0) is 19.2. The van der Waals surface area contributed by atoms with Gasteiger partial charge in [0.15, 0.2) is 5.78 Å². The van der Waals surface area contributed by atoms with Gasteiger partial charge in [-0.25, -0.2) is 9.97 Å². The standard InChI is InChI=1S/C20H18N4O3/c1-13(25)14-7-9-16(10-8-14)23-19(26)15-11-21-20(22-12-15)24-17-5-3-4-6-18(17)27-2/h3-12H,1-2H3,(H,23,26)(H,21,22,24). The average molecular weight is 362 g/mol. The van der Waals surface area contributed by atoms with Crippen molar-refractivity contribution in [2.75, 3.05) is 17.7 Å². The molecule has 0 saturated heterocycles. The van der Waals surface area contributed by atoms with Gasteiger partial charge in [0, 0.05) is 23.6 Å². The third-order valence-electron chi connectivity index (χ3n) is 3.82. The minimum Gasteiger partial charge on any atom is -0.495 e. The second-order valence-corrected chi connectivity index (χ2v) is 5.71. The van der Waals surface area contributed by atoms with Crippen molar-refractivity contribution in [3.05, 3.63) is 72.1 Å². The maximum Gasteiger partial charge on any atom is 0.258 e. The Hall–Kier alpha value is -3.74. The van der Waals surface area contributed by atoms with Gasteiger partial charge in [0.25, 0.3) is 5.91 Å². The van der Waals surface area contributed by atoms with E-state index >= 15 is 0 Å². The molecular formula is C20H18N4O3. The number of nitrogens with zero attached hydrogens (tertiary/aromatic N) is 2. The summed E-state index contributed by atoms with van der Waals surface area (Å²) >= 11 is 0. The van der Waals surface area contributed by atoms with E-state index < -0.39 is 0 Å². The lowest BCUT2D eigenvalue weighted by molar-refractivity contribution is 0.101. The van der Waals surface area contributed by atoms with E-state index in [0.717, 1.165) is 5.69 Å². The summed E-state index contributed by atoms with van der Waals surface area (Å²) in [6.45, 7) is 1.49. The number of aromatic nitrogens is 2. The number of ether oxygens (including phenoxy) is 1. The minimum atomic E-state index is -0.339. The molecule has 0 aliphatic carbocycles. The Bertz CT molecular complexity index is 954. The molecule has 3 rings (SSSR count). The lowest BCUT2D eigenvalue weighted by Crippen LogP contribution is -2.13. The first-order valence-corrected chi connectivity index (χ1v) is 8.21. The molecule has 1 heterocycles. The number of hydrogen-bond acceptors (Lipinski definition) is 6. The lowest BCUT2D eigenvalue weighted by atomic mass is 10.1. The van der Waals surface area contributed by atoms with Crippen LogP contribution < -0.4 is 15.4 Å². The molecule has 0 saturated carbocycles. The number of hydrogen-bond donors (Lipinski definition) is 2. The zero-order valence-corrected chi connectivity index (χ0v) is 14.9. The van der Waals surface area contributed by atoms with Crippen LogP contribution >= 0.6 is 0 Å². The van der Waals surface area contributed by atoms with E-state index in [-0.39, 0.29) is 11.7 Å². The fourth-order valence-electron chi connectivity index (χ4n) is 2.37. The Balaban J connectivity index is 1.67. The maximum absolute atomic E-state index is 12.3. The summed E-state index contributed by atoms with van der Waals surface area (Å²) in [7, 11) is 1.58. The molecule has 7 nitrogen and oxygen atoms in total. The fraction of sp³-hybridized carbons (Fsp3) is 0.100. The van der Waals surface area contributed by atoms with E-state index in [1.807, 2.05) is 24.3 Å². The van der Waals surface area contributed by atoms with Gasteiger partial charge < -0.3 is 15.4 Å². The van der Waals surface area contributed by atoms with Crippen molar-refractivity contribution in [3.63, 3.8) is 0 Å². The molecule has 3 aromatic rings. The van der Waals surface area contributed by atoms with Crippen molar-refractivity contribution in [1.82, 2.24) is 9.97 Å². The Kier molecular flexibility index (Phi) is 5.41. The number of benzene rings is 2. The number of para-hydroxylation sites is 2. The van der Waals surface area contributed by atoms with Crippen LogP contribution in [0.2, 0.25) is 0 Å². The van der Waals surface area contributed by atoms with Crippen molar-refractivity contribution in [2.45, 2.75) is 6.92 Å². The van der Waals surface area contributed by atoms with E-state index in [2.05, 4.69) is 20.6 Å². The normalized spacial score (nSPS) is 10.1. The number of carbonyl (C=O) groups is 2. The number of ketones is 1. The third kappa shape index (κ3) is 4.46. The van der Waals surface area contributed by atoms with Crippen molar-refractivity contribution in [2.24, 2.45) is 0 Å². The second-order valence-electron chi connectivity index (χ2n) is 5.71. The van der Waals surface area contributed by atoms with Crippen LogP contribution in [0.1, 0.15) is 27.6 Å². The first-order valence-electron chi connectivity index (χ1n) is 8.21. The summed E-state index contributed by atoms with van der Waals surface area (Å²) < 4.78 is 5.27. The molecule has 0 fully saturated rings. The van der Waals surface area contributed by atoms with E-state index in [9.17, 15) is 9.59 Å². The molecule has 27 heavy (non-hydrogen) atoms. The molecule has 0 bridgehead atoms. The van der Waals surface area contributed by atoms with Crippen molar-refractivity contribution >= 4 is 29.0 Å². The largest absolute Gasteiger partial charge is 0.495 e. The van der Waals surface area contributed by atoms with Crippen molar-refractivity contribution in [1.29, 1.82) is 0 Å². The summed E-state index contributed by atoms with van der Waals surface area (Å²) in [6.07, 6.45) is 2.87. The second kappa shape index (κ2) is 8.09. The third-order valence-corrected chi connectivity index (χ3v) is 3.82. The van der Waals surface area contributed by atoms with Gasteiger partial charge >= 0.3 is 0 Å². The highest BCUT2D eigenvalue weighted by atomic mass is 16.5. The number of nitrogens with one attached hydrogen (secondary N) is 2. The van der Waals surface area contributed by atoms with E-state index in [1.54, 1.807) is 31.4 Å². The number of methoxy groups -OCH3 is 1. The zero-order valence-electron chi connectivity index (χ0n) is 14.9. The molecule has 7 heteroatoms. The van der Waals surface area contributed by atoms with Gasteiger partial charge in [-0.1, -0.05) is 12.1 Å². The Labute approximate surface area is 156 Å². The van der Waals surface area contributed by atoms with Gasteiger partial charge in [0.2, 0.25) is 5.95 Å². The van der Waals surface area contributed by atoms with E-state index in [1.165, 1.54) is 19.3 Å². The van der Waals surface area contributed by atoms with Crippen LogP contribution in [-0.2, 0) is 0 Å². The van der Waals surface area contributed by atoms with Crippen molar-refractivity contribution < 1.29 is 14.3 Å². The number of Topliss-reactive ketones (excluding diaryl/α,β-unsaturated/α-hetero) is 1.